The van der Waals surface area contributed by atoms with E-state index in [2.05, 4.69) is 37.5 Å². The average molecular weight is 364 g/mol. The molecule has 2 N–H and O–H groups in total. The lowest BCUT2D eigenvalue weighted by Crippen LogP contribution is -2.41. The number of hydrogen-bond donors (Lipinski definition) is 2. The summed E-state index contributed by atoms with van der Waals surface area (Å²) in [6, 6.07) is 6.05. The maximum Gasteiger partial charge on any atom is 0.191 e. The lowest BCUT2D eigenvalue weighted by atomic mass is 9.84. The first-order chi connectivity index (χ1) is 12.5. The van der Waals surface area contributed by atoms with E-state index in [1.54, 1.807) is 14.2 Å². The van der Waals surface area contributed by atoms with Gasteiger partial charge in [-0.1, -0.05) is 19.9 Å². The van der Waals surface area contributed by atoms with Crippen molar-refractivity contribution in [1.29, 1.82) is 0 Å². The minimum atomic E-state index is -0.133. The number of nitrogens with one attached hydrogen (secondary N) is 2. The number of hydrogen-bond acceptors (Lipinski definition) is 4. The average Bonchev–Trinajstić information content (AvgIpc) is 3.17. The number of ether oxygens (including phenoxy) is 3. The number of benzene rings is 1. The topological polar surface area (TPSA) is 64.1 Å². The van der Waals surface area contributed by atoms with Crippen LogP contribution in [0.4, 0.5) is 0 Å². The zero-order valence-corrected chi connectivity index (χ0v) is 16.7. The number of nitrogens with zero attached hydrogens (tertiary/aromatic N) is 1. The predicted molar refractivity (Wildman–Crippen MR) is 106 cm³/mol. The van der Waals surface area contributed by atoms with E-state index in [0.717, 1.165) is 55.6 Å². The summed E-state index contributed by atoms with van der Waals surface area (Å²) >= 11 is 0. The van der Waals surface area contributed by atoms with Crippen LogP contribution in [0, 0.1) is 0 Å². The molecule has 1 atom stereocenters. The zero-order valence-electron chi connectivity index (χ0n) is 16.7. The van der Waals surface area contributed by atoms with Crippen LogP contribution in [-0.4, -0.2) is 52.5 Å². The van der Waals surface area contributed by atoms with Crippen LogP contribution >= 0.6 is 0 Å². The molecule has 1 saturated heterocycles. The first-order valence-corrected chi connectivity index (χ1v) is 9.36. The van der Waals surface area contributed by atoms with Gasteiger partial charge in [-0.15, -0.1) is 0 Å². The van der Waals surface area contributed by atoms with Crippen molar-refractivity contribution in [2.45, 2.75) is 45.1 Å². The van der Waals surface area contributed by atoms with Gasteiger partial charge in [0, 0.05) is 25.1 Å². The molecule has 1 aromatic carbocycles. The van der Waals surface area contributed by atoms with Gasteiger partial charge in [0.25, 0.3) is 0 Å². The molecule has 0 amide bonds. The van der Waals surface area contributed by atoms with Crippen LogP contribution < -0.4 is 20.1 Å². The first kappa shape index (κ1) is 20.4. The first-order valence-electron chi connectivity index (χ1n) is 9.36. The molecule has 0 spiro atoms. The molecular weight excluding hydrogens is 330 g/mol. The highest BCUT2D eigenvalue weighted by atomic mass is 16.5. The summed E-state index contributed by atoms with van der Waals surface area (Å²) in [5.74, 6) is 2.31. The summed E-state index contributed by atoms with van der Waals surface area (Å²) in [5.41, 5.74) is 1.03. The molecule has 1 unspecified atom stereocenters. The number of methoxy groups -OCH3 is 2. The molecule has 26 heavy (non-hydrogen) atoms. The Morgan fingerprint density at radius 1 is 1.23 bits per heavy atom. The third-order valence-electron chi connectivity index (χ3n) is 4.66. The summed E-state index contributed by atoms with van der Waals surface area (Å²) < 4.78 is 16.4. The second-order valence-electron chi connectivity index (χ2n) is 7.16. The van der Waals surface area contributed by atoms with E-state index < -0.39 is 0 Å². The molecule has 1 aliphatic heterocycles. The van der Waals surface area contributed by atoms with E-state index in [1.165, 1.54) is 0 Å². The molecule has 0 saturated carbocycles. The molecule has 1 fully saturated rings. The SMILES string of the molecule is CCNC(=NCC(C)(C)c1ccc(OC)c(OC)c1)NCC1CCCO1. The fourth-order valence-corrected chi connectivity index (χ4v) is 2.98. The molecule has 0 bridgehead atoms. The zero-order chi connectivity index (χ0) is 19.0. The van der Waals surface area contributed by atoms with Crippen molar-refractivity contribution in [2.24, 2.45) is 4.99 Å². The van der Waals surface area contributed by atoms with Crippen molar-refractivity contribution in [3.05, 3.63) is 23.8 Å². The van der Waals surface area contributed by atoms with Crippen molar-refractivity contribution in [3.63, 3.8) is 0 Å². The van der Waals surface area contributed by atoms with Crippen LogP contribution in [0.3, 0.4) is 0 Å². The van der Waals surface area contributed by atoms with Crippen LogP contribution in [0.2, 0.25) is 0 Å². The van der Waals surface area contributed by atoms with Crippen LogP contribution in [0.1, 0.15) is 39.2 Å². The van der Waals surface area contributed by atoms with Crippen molar-refractivity contribution >= 4 is 5.96 Å². The highest BCUT2D eigenvalue weighted by Gasteiger charge is 2.23. The van der Waals surface area contributed by atoms with Crippen LogP contribution in [0.5, 0.6) is 11.5 Å². The quantitative estimate of drug-likeness (QED) is 0.549. The Balaban J connectivity index is 2.05. The van der Waals surface area contributed by atoms with Crippen LogP contribution in [-0.2, 0) is 10.2 Å². The van der Waals surface area contributed by atoms with Gasteiger partial charge in [-0.05, 0) is 37.5 Å². The molecule has 1 aromatic rings. The fraction of sp³-hybridized carbons (Fsp3) is 0.650. The van der Waals surface area contributed by atoms with Crippen LogP contribution in [0.25, 0.3) is 0 Å². The van der Waals surface area contributed by atoms with E-state index in [-0.39, 0.29) is 11.5 Å². The lowest BCUT2D eigenvalue weighted by molar-refractivity contribution is 0.114. The number of guanidine groups is 1. The van der Waals surface area contributed by atoms with Crippen molar-refractivity contribution in [2.75, 3.05) is 40.5 Å². The molecule has 1 aliphatic rings. The fourth-order valence-electron chi connectivity index (χ4n) is 2.98. The molecule has 0 radical (unpaired) electrons. The molecule has 1 heterocycles. The van der Waals surface area contributed by atoms with Gasteiger partial charge < -0.3 is 24.8 Å². The Morgan fingerprint density at radius 2 is 2.00 bits per heavy atom. The summed E-state index contributed by atoms with van der Waals surface area (Å²) in [5, 5.41) is 6.71. The summed E-state index contributed by atoms with van der Waals surface area (Å²) in [4.78, 5) is 4.79. The van der Waals surface area contributed by atoms with E-state index in [1.807, 2.05) is 12.1 Å². The Labute approximate surface area is 157 Å². The number of rotatable bonds is 8. The van der Waals surface area contributed by atoms with Gasteiger partial charge in [0.15, 0.2) is 17.5 Å². The van der Waals surface area contributed by atoms with Crippen molar-refractivity contribution in [1.82, 2.24) is 10.6 Å². The second kappa shape index (κ2) is 9.67. The van der Waals surface area contributed by atoms with Gasteiger partial charge >= 0.3 is 0 Å². The summed E-state index contributed by atoms with van der Waals surface area (Å²) in [6.45, 7) is 9.58. The summed E-state index contributed by atoms with van der Waals surface area (Å²) in [6.07, 6.45) is 2.55. The molecule has 2 rings (SSSR count). The van der Waals surface area contributed by atoms with Gasteiger partial charge in [-0.25, -0.2) is 0 Å². The van der Waals surface area contributed by atoms with Gasteiger partial charge in [0.1, 0.15) is 0 Å². The standard InChI is InChI=1S/C20H33N3O3/c1-6-21-19(22-13-16-8-7-11-26-16)23-14-20(2,3)15-9-10-17(24-4)18(12-15)25-5/h9-10,12,16H,6-8,11,13-14H2,1-5H3,(H2,21,22,23). The highest BCUT2D eigenvalue weighted by molar-refractivity contribution is 5.79. The third kappa shape index (κ3) is 5.53. The molecule has 146 valence electrons. The van der Waals surface area contributed by atoms with Gasteiger partial charge in [-0.3, -0.25) is 4.99 Å². The minimum Gasteiger partial charge on any atom is -0.493 e. The van der Waals surface area contributed by atoms with E-state index in [0.29, 0.717) is 6.54 Å². The Kier molecular flexibility index (Phi) is 7.57. The Hall–Kier alpha value is -1.95. The largest absolute Gasteiger partial charge is 0.493 e. The van der Waals surface area contributed by atoms with E-state index in [9.17, 15) is 0 Å². The number of aliphatic imine (C=N–C) groups is 1. The smallest absolute Gasteiger partial charge is 0.191 e. The van der Waals surface area contributed by atoms with Crippen molar-refractivity contribution in [3.8, 4) is 11.5 Å². The summed E-state index contributed by atoms with van der Waals surface area (Å²) in [7, 11) is 3.31. The van der Waals surface area contributed by atoms with E-state index >= 15 is 0 Å². The van der Waals surface area contributed by atoms with Crippen LogP contribution in [0.15, 0.2) is 23.2 Å². The van der Waals surface area contributed by atoms with E-state index in [4.69, 9.17) is 19.2 Å². The van der Waals surface area contributed by atoms with Gasteiger partial charge in [-0.2, -0.15) is 0 Å². The molecule has 6 nitrogen and oxygen atoms in total. The Bertz CT molecular complexity index is 596. The minimum absolute atomic E-state index is 0.133. The normalized spacial score (nSPS) is 17.9. The predicted octanol–water partition coefficient (Wildman–Crippen LogP) is 2.72. The second-order valence-corrected chi connectivity index (χ2v) is 7.16. The molecule has 0 aliphatic carbocycles. The molecular formula is C20H33N3O3. The molecule has 0 aromatic heterocycles. The maximum atomic E-state index is 5.67. The Morgan fingerprint density at radius 3 is 2.62 bits per heavy atom. The highest BCUT2D eigenvalue weighted by Crippen LogP contribution is 2.33. The van der Waals surface area contributed by atoms with Gasteiger partial charge in [0.2, 0.25) is 0 Å². The van der Waals surface area contributed by atoms with Crippen molar-refractivity contribution < 1.29 is 14.2 Å². The maximum absolute atomic E-state index is 5.67. The third-order valence-corrected chi connectivity index (χ3v) is 4.66. The van der Waals surface area contributed by atoms with Gasteiger partial charge in [0.05, 0.1) is 26.9 Å². The lowest BCUT2D eigenvalue weighted by Gasteiger charge is -2.25. The molecule has 6 heteroatoms. The monoisotopic (exact) mass is 363 g/mol.